The number of carbonyl (C=O) groups excluding carboxylic acids is 1. The third-order valence-electron chi connectivity index (χ3n) is 2.52. The number of nitrogens with zero attached hydrogens (tertiary/aromatic N) is 1. The van der Waals surface area contributed by atoms with E-state index in [0.717, 1.165) is 19.4 Å². The van der Waals surface area contributed by atoms with Gasteiger partial charge in [-0.1, -0.05) is 0 Å². The lowest BCUT2D eigenvalue weighted by molar-refractivity contribution is -0.150. The standard InChI is InChI=1S/C10H20N2O2/c1-11-14-10(13)6-2-3-7-12-8-4-5-9-12/h11H,2-9H2,1H3. The van der Waals surface area contributed by atoms with Gasteiger partial charge in [0.25, 0.3) is 0 Å². The quantitative estimate of drug-likeness (QED) is 0.511. The molecular formula is C10H20N2O2. The lowest BCUT2D eigenvalue weighted by Crippen LogP contribution is -2.21. The molecule has 1 aliphatic rings. The number of unbranched alkanes of at least 4 members (excludes halogenated alkanes) is 1. The highest BCUT2D eigenvalue weighted by Crippen LogP contribution is 2.08. The van der Waals surface area contributed by atoms with Crippen molar-refractivity contribution in [1.82, 2.24) is 10.4 Å². The van der Waals surface area contributed by atoms with Gasteiger partial charge in [0.15, 0.2) is 0 Å². The maximum atomic E-state index is 10.9. The summed E-state index contributed by atoms with van der Waals surface area (Å²) in [4.78, 5) is 18.0. The Labute approximate surface area is 85.6 Å². The molecule has 0 aromatic rings. The van der Waals surface area contributed by atoms with Gasteiger partial charge in [0.2, 0.25) is 0 Å². The minimum absolute atomic E-state index is 0.158. The normalized spacial score (nSPS) is 17.2. The summed E-state index contributed by atoms with van der Waals surface area (Å²) in [5, 5.41) is 0. The molecule has 0 spiro atoms. The van der Waals surface area contributed by atoms with E-state index in [0.29, 0.717) is 6.42 Å². The van der Waals surface area contributed by atoms with E-state index in [2.05, 4.69) is 15.2 Å². The van der Waals surface area contributed by atoms with Gasteiger partial charge in [0.05, 0.1) is 0 Å². The second kappa shape index (κ2) is 6.79. The van der Waals surface area contributed by atoms with E-state index in [-0.39, 0.29) is 5.97 Å². The Morgan fingerprint density at radius 1 is 1.36 bits per heavy atom. The largest absolute Gasteiger partial charge is 0.371 e. The van der Waals surface area contributed by atoms with Crippen LogP contribution in [0.4, 0.5) is 0 Å². The summed E-state index contributed by atoms with van der Waals surface area (Å²) in [5.41, 5.74) is 2.39. The van der Waals surface area contributed by atoms with Gasteiger partial charge in [-0.3, -0.25) is 4.79 Å². The van der Waals surface area contributed by atoms with Crippen LogP contribution in [0.5, 0.6) is 0 Å². The molecule has 0 aromatic carbocycles. The Morgan fingerprint density at radius 2 is 2.07 bits per heavy atom. The molecule has 1 saturated heterocycles. The maximum absolute atomic E-state index is 10.9. The van der Waals surface area contributed by atoms with E-state index >= 15 is 0 Å². The molecule has 1 aliphatic heterocycles. The number of nitrogens with one attached hydrogen (secondary N) is 1. The molecule has 0 saturated carbocycles. The zero-order valence-electron chi connectivity index (χ0n) is 8.92. The molecule has 0 aliphatic carbocycles. The fraction of sp³-hybridized carbons (Fsp3) is 0.900. The highest BCUT2D eigenvalue weighted by atomic mass is 16.7. The fourth-order valence-electron chi connectivity index (χ4n) is 1.78. The Balaban J connectivity index is 1.90. The third kappa shape index (κ3) is 4.58. The lowest BCUT2D eigenvalue weighted by atomic mass is 10.2. The number of hydrogen-bond acceptors (Lipinski definition) is 4. The van der Waals surface area contributed by atoms with Crippen LogP contribution < -0.4 is 5.48 Å². The molecule has 1 rings (SSSR count). The zero-order valence-corrected chi connectivity index (χ0v) is 8.92. The van der Waals surface area contributed by atoms with Crippen molar-refractivity contribution in [3.63, 3.8) is 0 Å². The maximum Gasteiger partial charge on any atom is 0.324 e. The van der Waals surface area contributed by atoms with Crippen LogP contribution in [0.2, 0.25) is 0 Å². The molecular weight excluding hydrogens is 180 g/mol. The summed E-state index contributed by atoms with van der Waals surface area (Å²) < 4.78 is 0. The van der Waals surface area contributed by atoms with E-state index in [9.17, 15) is 4.79 Å². The van der Waals surface area contributed by atoms with Gasteiger partial charge in [-0.2, -0.15) is 5.48 Å². The van der Waals surface area contributed by atoms with E-state index in [1.807, 2.05) is 0 Å². The second-order valence-electron chi connectivity index (χ2n) is 3.68. The number of hydroxylamine groups is 1. The van der Waals surface area contributed by atoms with Crippen molar-refractivity contribution in [3.05, 3.63) is 0 Å². The van der Waals surface area contributed by atoms with Crippen molar-refractivity contribution in [2.45, 2.75) is 32.1 Å². The minimum atomic E-state index is -0.158. The van der Waals surface area contributed by atoms with Gasteiger partial charge >= 0.3 is 5.97 Å². The number of hydrogen-bond donors (Lipinski definition) is 1. The van der Waals surface area contributed by atoms with Crippen molar-refractivity contribution < 1.29 is 9.63 Å². The molecule has 4 heteroatoms. The van der Waals surface area contributed by atoms with Gasteiger partial charge in [0.1, 0.15) is 0 Å². The van der Waals surface area contributed by atoms with Crippen molar-refractivity contribution >= 4 is 5.97 Å². The number of carbonyl (C=O) groups is 1. The van der Waals surface area contributed by atoms with Crippen molar-refractivity contribution in [2.24, 2.45) is 0 Å². The molecule has 82 valence electrons. The zero-order chi connectivity index (χ0) is 10.2. The van der Waals surface area contributed by atoms with Crippen LogP contribution in [0.1, 0.15) is 32.1 Å². The van der Waals surface area contributed by atoms with E-state index < -0.39 is 0 Å². The van der Waals surface area contributed by atoms with Crippen LogP contribution >= 0.6 is 0 Å². The predicted octanol–water partition coefficient (Wildman–Crippen LogP) is 0.930. The fourth-order valence-corrected chi connectivity index (χ4v) is 1.78. The Morgan fingerprint density at radius 3 is 2.71 bits per heavy atom. The molecule has 1 N–H and O–H groups in total. The smallest absolute Gasteiger partial charge is 0.324 e. The molecule has 0 radical (unpaired) electrons. The van der Waals surface area contributed by atoms with Gasteiger partial charge < -0.3 is 9.74 Å². The molecule has 0 bridgehead atoms. The lowest BCUT2D eigenvalue weighted by Gasteiger charge is -2.13. The van der Waals surface area contributed by atoms with Gasteiger partial charge in [-0.15, -0.1) is 0 Å². The first-order valence-electron chi connectivity index (χ1n) is 5.41. The average molecular weight is 200 g/mol. The van der Waals surface area contributed by atoms with Gasteiger partial charge in [-0.25, -0.2) is 0 Å². The topological polar surface area (TPSA) is 41.6 Å². The van der Waals surface area contributed by atoms with Crippen LogP contribution in [0.3, 0.4) is 0 Å². The molecule has 0 amide bonds. The van der Waals surface area contributed by atoms with E-state index in [1.165, 1.54) is 25.9 Å². The Kier molecular flexibility index (Phi) is 5.56. The summed E-state index contributed by atoms with van der Waals surface area (Å²) in [7, 11) is 1.60. The Bertz CT molecular complexity index is 168. The Hall–Kier alpha value is -0.610. The highest BCUT2D eigenvalue weighted by Gasteiger charge is 2.10. The minimum Gasteiger partial charge on any atom is -0.371 e. The van der Waals surface area contributed by atoms with Crippen molar-refractivity contribution in [3.8, 4) is 0 Å². The molecule has 1 heterocycles. The van der Waals surface area contributed by atoms with Crippen LogP contribution in [0.25, 0.3) is 0 Å². The van der Waals surface area contributed by atoms with Gasteiger partial charge in [0, 0.05) is 13.5 Å². The van der Waals surface area contributed by atoms with Crippen LogP contribution in [-0.4, -0.2) is 37.6 Å². The van der Waals surface area contributed by atoms with Gasteiger partial charge in [-0.05, 0) is 45.3 Å². The molecule has 0 aromatic heterocycles. The highest BCUT2D eigenvalue weighted by molar-refractivity contribution is 5.68. The molecule has 0 atom stereocenters. The third-order valence-corrected chi connectivity index (χ3v) is 2.52. The first-order valence-corrected chi connectivity index (χ1v) is 5.41. The van der Waals surface area contributed by atoms with Crippen molar-refractivity contribution in [2.75, 3.05) is 26.7 Å². The molecule has 4 nitrogen and oxygen atoms in total. The number of likely N-dealkylation sites (tertiary alicyclic amines) is 1. The SMILES string of the molecule is CNOC(=O)CCCCN1CCCC1. The monoisotopic (exact) mass is 200 g/mol. The van der Waals surface area contributed by atoms with E-state index in [4.69, 9.17) is 0 Å². The number of rotatable bonds is 6. The van der Waals surface area contributed by atoms with Crippen LogP contribution in [0.15, 0.2) is 0 Å². The summed E-state index contributed by atoms with van der Waals surface area (Å²) in [6, 6.07) is 0. The summed E-state index contributed by atoms with van der Waals surface area (Å²) in [5.74, 6) is -0.158. The van der Waals surface area contributed by atoms with Crippen LogP contribution in [0, 0.1) is 0 Å². The summed E-state index contributed by atoms with van der Waals surface area (Å²) >= 11 is 0. The summed E-state index contributed by atoms with van der Waals surface area (Å²) in [6.07, 6.45) is 5.22. The molecule has 0 unspecified atom stereocenters. The summed E-state index contributed by atoms with van der Waals surface area (Å²) in [6.45, 7) is 3.61. The van der Waals surface area contributed by atoms with Crippen molar-refractivity contribution in [1.29, 1.82) is 0 Å². The average Bonchev–Trinajstić information content (AvgIpc) is 2.65. The van der Waals surface area contributed by atoms with Crippen LogP contribution in [-0.2, 0) is 9.63 Å². The van der Waals surface area contributed by atoms with E-state index in [1.54, 1.807) is 7.05 Å². The second-order valence-corrected chi connectivity index (χ2v) is 3.68. The first kappa shape index (κ1) is 11.5. The predicted molar refractivity (Wildman–Crippen MR) is 54.7 cm³/mol. The first-order chi connectivity index (χ1) is 6.83. The molecule has 1 fully saturated rings. The molecule has 14 heavy (non-hydrogen) atoms.